The Hall–Kier alpha value is -3.05. The van der Waals surface area contributed by atoms with Crippen molar-refractivity contribution in [1.29, 1.82) is 0 Å². The molecular formula is C20H17NO. The van der Waals surface area contributed by atoms with Crippen LogP contribution in [0.15, 0.2) is 73.5 Å². The van der Waals surface area contributed by atoms with Crippen molar-refractivity contribution in [3.63, 3.8) is 0 Å². The van der Waals surface area contributed by atoms with Crippen LogP contribution in [0.1, 0.15) is 21.5 Å². The first-order valence-corrected chi connectivity index (χ1v) is 6.93. The fraction of sp³-hybridized carbons (Fsp3) is 0.0500. The third-order valence-corrected chi connectivity index (χ3v) is 3.10. The Morgan fingerprint density at radius 1 is 1.09 bits per heavy atom. The lowest BCUT2D eigenvalue weighted by Crippen LogP contribution is -2.09. The molecule has 0 N–H and O–H groups in total. The highest BCUT2D eigenvalue weighted by molar-refractivity contribution is 5.78. The van der Waals surface area contributed by atoms with Crippen molar-refractivity contribution >= 4 is 12.0 Å². The lowest BCUT2D eigenvalue weighted by atomic mass is 10.1. The van der Waals surface area contributed by atoms with Gasteiger partial charge in [-0.3, -0.25) is 4.79 Å². The summed E-state index contributed by atoms with van der Waals surface area (Å²) in [7, 11) is 1.93. The van der Waals surface area contributed by atoms with Gasteiger partial charge in [0.2, 0.25) is 0 Å². The average Bonchev–Trinajstić information content (AvgIpc) is 2.58. The molecular weight excluding hydrogens is 270 g/mol. The first-order valence-electron chi connectivity index (χ1n) is 6.93. The summed E-state index contributed by atoms with van der Waals surface area (Å²) in [5.74, 6) is 6.28. The summed E-state index contributed by atoms with van der Waals surface area (Å²) >= 11 is 0. The van der Waals surface area contributed by atoms with Gasteiger partial charge in [0.05, 0.1) is 5.69 Å². The molecule has 0 unspecified atom stereocenters. The van der Waals surface area contributed by atoms with Gasteiger partial charge in [-0.2, -0.15) is 0 Å². The van der Waals surface area contributed by atoms with Crippen LogP contribution in [0.3, 0.4) is 0 Å². The molecule has 0 aliphatic rings. The van der Waals surface area contributed by atoms with Crippen LogP contribution < -0.4 is 4.90 Å². The topological polar surface area (TPSA) is 20.3 Å². The number of benzene rings is 2. The standard InChI is InChI=1S/C20H17NO/c1-3-4-14-21(2)20-13-11-18(16-22)15-19(20)12-10-17-8-6-5-7-9-17/h3-9,11,13-16H,1H2,2H3/b14-4-. The molecule has 0 spiro atoms. The SMILES string of the molecule is C=C/C=C\N(C)c1ccc(C=O)cc1C#Cc1ccccc1. The van der Waals surface area contributed by atoms with Crippen LogP contribution in [-0.2, 0) is 0 Å². The summed E-state index contributed by atoms with van der Waals surface area (Å²) in [6.45, 7) is 3.66. The van der Waals surface area contributed by atoms with Crippen molar-refractivity contribution in [3.8, 4) is 11.8 Å². The van der Waals surface area contributed by atoms with E-state index in [4.69, 9.17) is 0 Å². The van der Waals surface area contributed by atoms with E-state index in [2.05, 4.69) is 18.4 Å². The molecule has 2 aromatic carbocycles. The van der Waals surface area contributed by atoms with Gasteiger partial charge in [0.25, 0.3) is 0 Å². The van der Waals surface area contributed by atoms with Gasteiger partial charge in [0.15, 0.2) is 0 Å². The van der Waals surface area contributed by atoms with Crippen LogP contribution in [0, 0.1) is 11.8 Å². The van der Waals surface area contributed by atoms with Gasteiger partial charge >= 0.3 is 0 Å². The number of aldehydes is 1. The smallest absolute Gasteiger partial charge is 0.150 e. The van der Waals surface area contributed by atoms with E-state index in [1.54, 1.807) is 18.2 Å². The number of anilines is 1. The predicted octanol–water partition coefficient (Wildman–Crippen LogP) is 4.03. The average molecular weight is 287 g/mol. The molecule has 2 heteroatoms. The molecule has 2 nitrogen and oxygen atoms in total. The molecule has 2 aromatic rings. The van der Waals surface area contributed by atoms with E-state index in [-0.39, 0.29) is 0 Å². The quantitative estimate of drug-likeness (QED) is 0.480. The maximum atomic E-state index is 11.0. The largest absolute Gasteiger partial charge is 0.350 e. The molecule has 0 saturated carbocycles. The molecule has 0 radical (unpaired) electrons. The van der Waals surface area contributed by atoms with Crippen molar-refractivity contribution < 1.29 is 4.79 Å². The third-order valence-electron chi connectivity index (χ3n) is 3.10. The summed E-state index contributed by atoms with van der Waals surface area (Å²) in [5, 5.41) is 0. The summed E-state index contributed by atoms with van der Waals surface area (Å²) in [5.41, 5.74) is 3.30. The molecule has 22 heavy (non-hydrogen) atoms. The zero-order valence-electron chi connectivity index (χ0n) is 12.5. The van der Waals surface area contributed by atoms with Gasteiger partial charge in [-0.05, 0) is 36.4 Å². The number of nitrogens with zero attached hydrogens (tertiary/aromatic N) is 1. The Balaban J connectivity index is 2.43. The van der Waals surface area contributed by atoms with Gasteiger partial charge in [0.1, 0.15) is 6.29 Å². The maximum absolute atomic E-state index is 11.0. The van der Waals surface area contributed by atoms with Crippen molar-refractivity contribution in [1.82, 2.24) is 0 Å². The van der Waals surface area contributed by atoms with Crippen molar-refractivity contribution in [2.45, 2.75) is 0 Å². The molecule has 108 valence electrons. The summed E-state index contributed by atoms with van der Waals surface area (Å²) in [6.07, 6.45) is 6.29. The van der Waals surface area contributed by atoms with Gasteiger partial charge in [-0.15, -0.1) is 0 Å². The van der Waals surface area contributed by atoms with E-state index in [9.17, 15) is 4.79 Å². The normalized spacial score (nSPS) is 9.86. The first kappa shape index (κ1) is 15.3. The first-order chi connectivity index (χ1) is 10.7. The number of carbonyl (C=O) groups is 1. The molecule has 0 saturated heterocycles. The highest BCUT2D eigenvalue weighted by Gasteiger charge is 2.05. The minimum absolute atomic E-state index is 0.613. The zero-order chi connectivity index (χ0) is 15.8. The Labute approximate surface area is 131 Å². The third kappa shape index (κ3) is 3.97. The van der Waals surface area contributed by atoms with Crippen LogP contribution in [0.2, 0.25) is 0 Å². The van der Waals surface area contributed by atoms with Gasteiger partial charge in [-0.1, -0.05) is 42.7 Å². The van der Waals surface area contributed by atoms with E-state index < -0.39 is 0 Å². The fourth-order valence-electron chi connectivity index (χ4n) is 1.97. The van der Waals surface area contributed by atoms with E-state index in [0.29, 0.717) is 5.56 Å². The number of hydrogen-bond acceptors (Lipinski definition) is 2. The van der Waals surface area contributed by atoms with E-state index in [0.717, 1.165) is 23.1 Å². The number of hydrogen-bond donors (Lipinski definition) is 0. The monoisotopic (exact) mass is 287 g/mol. The summed E-state index contributed by atoms with van der Waals surface area (Å²) in [4.78, 5) is 12.9. The van der Waals surface area contributed by atoms with Gasteiger partial charge in [0, 0.05) is 29.9 Å². The minimum atomic E-state index is 0.613. The van der Waals surface area contributed by atoms with Crippen molar-refractivity contribution in [2.24, 2.45) is 0 Å². The lowest BCUT2D eigenvalue weighted by molar-refractivity contribution is 0.112. The second-order valence-corrected chi connectivity index (χ2v) is 4.70. The van der Waals surface area contributed by atoms with Crippen LogP contribution in [0.25, 0.3) is 0 Å². The Morgan fingerprint density at radius 2 is 1.86 bits per heavy atom. The number of rotatable bonds is 4. The predicted molar refractivity (Wildman–Crippen MR) is 92.0 cm³/mol. The second kappa shape index (κ2) is 7.66. The second-order valence-electron chi connectivity index (χ2n) is 4.70. The zero-order valence-corrected chi connectivity index (χ0v) is 12.5. The van der Waals surface area contributed by atoms with Crippen LogP contribution in [0.5, 0.6) is 0 Å². The van der Waals surface area contributed by atoms with E-state index >= 15 is 0 Å². The Morgan fingerprint density at radius 3 is 2.55 bits per heavy atom. The molecule has 0 aliphatic heterocycles. The molecule has 0 atom stereocenters. The molecule has 0 heterocycles. The highest BCUT2D eigenvalue weighted by Crippen LogP contribution is 2.20. The molecule has 0 bridgehead atoms. The van der Waals surface area contributed by atoms with E-state index in [1.807, 2.05) is 60.6 Å². The molecule has 0 aromatic heterocycles. The van der Waals surface area contributed by atoms with Crippen LogP contribution >= 0.6 is 0 Å². The van der Waals surface area contributed by atoms with Gasteiger partial charge in [-0.25, -0.2) is 0 Å². The molecule has 0 amide bonds. The summed E-state index contributed by atoms with van der Waals surface area (Å²) in [6, 6.07) is 15.3. The Bertz CT molecular complexity index is 748. The van der Waals surface area contributed by atoms with Gasteiger partial charge < -0.3 is 4.90 Å². The van der Waals surface area contributed by atoms with E-state index in [1.165, 1.54) is 0 Å². The number of carbonyl (C=O) groups excluding carboxylic acids is 1. The minimum Gasteiger partial charge on any atom is -0.350 e. The fourth-order valence-corrected chi connectivity index (χ4v) is 1.97. The Kier molecular flexibility index (Phi) is 5.34. The molecule has 2 rings (SSSR count). The highest BCUT2D eigenvalue weighted by atomic mass is 16.1. The number of allylic oxidation sites excluding steroid dienone is 2. The summed E-state index contributed by atoms with van der Waals surface area (Å²) < 4.78 is 0. The van der Waals surface area contributed by atoms with Crippen molar-refractivity contribution in [2.75, 3.05) is 11.9 Å². The maximum Gasteiger partial charge on any atom is 0.150 e. The molecule has 0 aliphatic carbocycles. The van der Waals surface area contributed by atoms with Crippen molar-refractivity contribution in [3.05, 3.63) is 90.2 Å². The van der Waals surface area contributed by atoms with Crippen LogP contribution in [0.4, 0.5) is 5.69 Å². The van der Waals surface area contributed by atoms with Crippen LogP contribution in [-0.4, -0.2) is 13.3 Å². The lowest BCUT2D eigenvalue weighted by Gasteiger charge is -2.16. The molecule has 0 fully saturated rings.